The van der Waals surface area contributed by atoms with Crippen LogP contribution in [0.15, 0.2) is 24.3 Å². The molecule has 6 nitrogen and oxygen atoms in total. The monoisotopic (exact) mass is 303 g/mol. The van der Waals surface area contributed by atoms with Crippen molar-refractivity contribution < 1.29 is 10.0 Å². The molecule has 1 aromatic carbocycles. The van der Waals surface area contributed by atoms with E-state index in [2.05, 4.69) is 10.3 Å². The lowest BCUT2D eigenvalue weighted by Gasteiger charge is -2.26. The van der Waals surface area contributed by atoms with Crippen molar-refractivity contribution in [1.82, 2.24) is 4.98 Å². The van der Waals surface area contributed by atoms with E-state index >= 15 is 0 Å². The summed E-state index contributed by atoms with van der Waals surface area (Å²) in [4.78, 5) is 15.0. The molecule has 0 aliphatic heterocycles. The van der Waals surface area contributed by atoms with Gasteiger partial charge in [-0.25, -0.2) is 4.98 Å². The zero-order chi connectivity index (χ0) is 16.5. The number of aromatic nitrogens is 1. The van der Waals surface area contributed by atoms with Gasteiger partial charge in [-0.3, -0.25) is 10.1 Å². The van der Waals surface area contributed by atoms with Gasteiger partial charge in [0.2, 0.25) is 0 Å². The molecule has 1 atom stereocenters. The molecule has 1 unspecified atom stereocenters. The Kier molecular flexibility index (Phi) is 4.32. The molecule has 0 saturated carbocycles. The SMILES string of the molecule is Cc1cc(NCC(O)C(C)(C)C)c2cccc([N+](=O)[O-])c2n1. The van der Waals surface area contributed by atoms with Crippen molar-refractivity contribution in [3.8, 4) is 0 Å². The topological polar surface area (TPSA) is 88.3 Å². The number of nitro groups is 1. The lowest BCUT2D eigenvalue weighted by molar-refractivity contribution is -0.383. The van der Waals surface area contributed by atoms with E-state index in [1.165, 1.54) is 6.07 Å². The summed E-state index contributed by atoms with van der Waals surface area (Å²) in [6, 6.07) is 6.72. The molecule has 0 fully saturated rings. The van der Waals surface area contributed by atoms with Crippen molar-refractivity contribution in [3.63, 3.8) is 0 Å². The van der Waals surface area contributed by atoms with Gasteiger partial charge in [0.05, 0.1) is 11.0 Å². The van der Waals surface area contributed by atoms with Crippen LogP contribution in [0.3, 0.4) is 0 Å². The lowest BCUT2D eigenvalue weighted by atomic mass is 9.89. The minimum atomic E-state index is -0.533. The molecule has 22 heavy (non-hydrogen) atoms. The molecule has 0 amide bonds. The molecule has 2 rings (SSSR count). The highest BCUT2D eigenvalue weighted by Gasteiger charge is 2.22. The van der Waals surface area contributed by atoms with Crippen LogP contribution in [-0.2, 0) is 0 Å². The van der Waals surface area contributed by atoms with Crippen LogP contribution < -0.4 is 5.32 Å². The zero-order valence-electron chi connectivity index (χ0n) is 13.3. The minimum absolute atomic E-state index is 0.0133. The molecule has 0 aliphatic carbocycles. The first-order valence-corrected chi connectivity index (χ1v) is 7.17. The number of fused-ring (bicyclic) bond motifs is 1. The molecule has 6 heteroatoms. The van der Waals surface area contributed by atoms with Crippen LogP contribution in [0.4, 0.5) is 11.4 Å². The molecule has 0 saturated heterocycles. The van der Waals surface area contributed by atoms with Crippen LogP contribution in [0.25, 0.3) is 10.9 Å². The largest absolute Gasteiger partial charge is 0.391 e. The van der Waals surface area contributed by atoms with E-state index in [-0.39, 0.29) is 11.1 Å². The standard InChI is InChI=1S/C16H21N3O3/c1-10-8-12(17-9-14(20)16(2,3)4)11-6-5-7-13(19(21)22)15(11)18-10/h5-8,14,20H,9H2,1-4H3,(H,17,18). The third-order valence-corrected chi connectivity index (χ3v) is 3.63. The molecule has 1 aromatic heterocycles. The summed E-state index contributed by atoms with van der Waals surface area (Å²) in [7, 11) is 0. The van der Waals surface area contributed by atoms with Gasteiger partial charge in [0.1, 0.15) is 0 Å². The molecular weight excluding hydrogens is 282 g/mol. The van der Waals surface area contributed by atoms with Gasteiger partial charge in [-0.2, -0.15) is 0 Å². The van der Waals surface area contributed by atoms with E-state index < -0.39 is 11.0 Å². The van der Waals surface area contributed by atoms with E-state index in [9.17, 15) is 15.2 Å². The molecule has 2 aromatic rings. The number of non-ortho nitro benzene ring substituents is 1. The number of anilines is 1. The van der Waals surface area contributed by atoms with Crippen molar-refractivity contribution in [2.45, 2.75) is 33.8 Å². The molecule has 2 N–H and O–H groups in total. The van der Waals surface area contributed by atoms with Crippen molar-refractivity contribution in [2.24, 2.45) is 5.41 Å². The van der Waals surface area contributed by atoms with Gasteiger partial charge < -0.3 is 10.4 Å². The minimum Gasteiger partial charge on any atom is -0.391 e. The van der Waals surface area contributed by atoms with Gasteiger partial charge in [-0.05, 0) is 18.4 Å². The molecule has 0 spiro atoms. The number of para-hydroxylation sites is 1. The molecule has 0 radical (unpaired) electrons. The molecule has 0 aliphatic rings. The molecule has 1 heterocycles. The van der Waals surface area contributed by atoms with Gasteiger partial charge in [-0.1, -0.05) is 32.9 Å². The number of hydrogen-bond acceptors (Lipinski definition) is 5. The van der Waals surface area contributed by atoms with Gasteiger partial charge in [0.25, 0.3) is 5.69 Å². The Hall–Kier alpha value is -2.21. The van der Waals surface area contributed by atoms with E-state index in [1.807, 2.05) is 26.8 Å². The van der Waals surface area contributed by atoms with Crippen LogP contribution in [0.2, 0.25) is 0 Å². The Morgan fingerprint density at radius 3 is 2.68 bits per heavy atom. The Morgan fingerprint density at radius 2 is 2.09 bits per heavy atom. The van der Waals surface area contributed by atoms with Crippen LogP contribution >= 0.6 is 0 Å². The number of pyridine rings is 1. The second kappa shape index (κ2) is 5.88. The van der Waals surface area contributed by atoms with Crippen LogP contribution in [-0.4, -0.2) is 27.7 Å². The third-order valence-electron chi connectivity index (χ3n) is 3.63. The second-order valence-electron chi connectivity index (χ2n) is 6.50. The third kappa shape index (κ3) is 3.33. The number of aryl methyl sites for hydroxylation is 1. The average molecular weight is 303 g/mol. The van der Waals surface area contributed by atoms with Gasteiger partial charge in [0, 0.05) is 29.4 Å². The summed E-state index contributed by atoms with van der Waals surface area (Å²) in [5, 5.41) is 25.2. The first-order valence-electron chi connectivity index (χ1n) is 7.17. The molecule has 0 bridgehead atoms. The maximum absolute atomic E-state index is 11.1. The number of rotatable bonds is 4. The Morgan fingerprint density at radius 1 is 1.41 bits per heavy atom. The predicted molar refractivity (Wildman–Crippen MR) is 87.1 cm³/mol. The summed E-state index contributed by atoms with van der Waals surface area (Å²) in [6.07, 6.45) is -0.533. The van der Waals surface area contributed by atoms with E-state index in [0.29, 0.717) is 23.1 Å². The maximum atomic E-state index is 11.1. The van der Waals surface area contributed by atoms with Crippen LogP contribution in [0, 0.1) is 22.5 Å². The first kappa shape index (κ1) is 16.2. The van der Waals surface area contributed by atoms with E-state index in [0.717, 1.165) is 5.69 Å². The molecule has 118 valence electrons. The average Bonchev–Trinajstić information content (AvgIpc) is 2.42. The number of benzene rings is 1. The van der Waals surface area contributed by atoms with Crippen molar-refractivity contribution in [3.05, 3.63) is 40.1 Å². The summed E-state index contributed by atoms with van der Waals surface area (Å²) in [5.74, 6) is 0. The second-order valence-corrected chi connectivity index (χ2v) is 6.50. The number of aliphatic hydroxyl groups is 1. The summed E-state index contributed by atoms with van der Waals surface area (Å²) < 4.78 is 0. The summed E-state index contributed by atoms with van der Waals surface area (Å²) in [5.41, 5.74) is 1.54. The highest BCUT2D eigenvalue weighted by atomic mass is 16.6. The fourth-order valence-electron chi connectivity index (χ4n) is 2.17. The number of nitrogens with one attached hydrogen (secondary N) is 1. The van der Waals surface area contributed by atoms with E-state index in [4.69, 9.17) is 0 Å². The number of nitro benzene ring substituents is 1. The zero-order valence-corrected chi connectivity index (χ0v) is 13.3. The number of nitrogens with zero attached hydrogens (tertiary/aromatic N) is 2. The number of hydrogen-bond donors (Lipinski definition) is 2. The Bertz CT molecular complexity index is 708. The van der Waals surface area contributed by atoms with Gasteiger partial charge in [0.15, 0.2) is 5.52 Å². The summed E-state index contributed by atoms with van der Waals surface area (Å²) >= 11 is 0. The molecular formula is C16H21N3O3. The Labute approximate surface area is 129 Å². The van der Waals surface area contributed by atoms with Crippen LogP contribution in [0.5, 0.6) is 0 Å². The van der Waals surface area contributed by atoms with Crippen LogP contribution in [0.1, 0.15) is 26.5 Å². The normalized spacial score (nSPS) is 13.1. The van der Waals surface area contributed by atoms with Crippen molar-refractivity contribution >= 4 is 22.3 Å². The van der Waals surface area contributed by atoms with Gasteiger partial charge in [-0.15, -0.1) is 0 Å². The fraction of sp³-hybridized carbons (Fsp3) is 0.438. The highest BCUT2D eigenvalue weighted by Crippen LogP contribution is 2.30. The lowest BCUT2D eigenvalue weighted by Crippen LogP contribution is -2.32. The van der Waals surface area contributed by atoms with Gasteiger partial charge >= 0.3 is 0 Å². The first-order chi connectivity index (χ1) is 10.2. The predicted octanol–water partition coefficient (Wildman–Crippen LogP) is 3.27. The van der Waals surface area contributed by atoms with E-state index in [1.54, 1.807) is 19.1 Å². The van der Waals surface area contributed by atoms with Crippen molar-refractivity contribution in [2.75, 3.05) is 11.9 Å². The maximum Gasteiger partial charge on any atom is 0.295 e. The Balaban J connectivity index is 2.42. The van der Waals surface area contributed by atoms with Crippen molar-refractivity contribution in [1.29, 1.82) is 0 Å². The fourth-order valence-corrected chi connectivity index (χ4v) is 2.17. The number of aliphatic hydroxyl groups excluding tert-OH is 1. The quantitative estimate of drug-likeness (QED) is 0.668. The summed E-state index contributed by atoms with van der Waals surface area (Å²) in [6.45, 7) is 8.03. The smallest absolute Gasteiger partial charge is 0.295 e. The highest BCUT2D eigenvalue weighted by molar-refractivity contribution is 5.96.